The van der Waals surface area contributed by atoms with Gasteiger partial charge in [0.05, 0.1) is 0 Å². The maximum atomic E-state index is 8.67. The van der Waals surface area contributed by atoms with Gasteiger partial charge in [-0.3, -0.25) is 0 Å². The Morgan fingerprint density at radius 1 is 1.05 bits per heavy atom. The molecule has 3 aliphatic carbocycles. The Morgan fingerprint density at radius 2 is 1.65 bits per heavy atom. The van der Waals surface area contributed by atoms with Crippen LogP contribution in [0.3, 0.4) is 0 Å². The second-order valence-corrected chi connectivity index (χ2v) is 8.01. The number of thiocyanates is 1. The van der Waals surface area contributed by atoms with Gasteiger partial charge in [-0.05, 0) is 91.7 Å². The predicted octanol–water partition coefficient (Wildman–Crippen LogP) is 5.55. The van der Waals surface area contributed by atoms with Gasteiger partial charge < -0.3 is 0 Å². The Bertz CT molecular complexity index is 487. The maximum Gasteiger partial charge on any atom is 0.138 e. The molecule has 0 N–H and O–H groups in total. The molecule has 0 radical (unpaired) electrons. The molecule has 0 aromatic heterocycles. The number of rotatable bonds is 4. The molecular weight excluding hydrogens is 262 g/mol. The minimum atomic E-state index is 0.651. The Balaban J connectivity index is 1.58. The molecular formula is C18H23NS. The molecule has 0 unspecified atom stereocenters. The molecule has 0 heterocycles. The summed E-state index contributed by atoms with van der Waals surface area (Å²) < 4.78 is 0. The molecule has 4 rings (SSSR count). The fourth-order valence-corrected chi connectivity index (χ4v) is 4.39. The molecule has 3 saturated carbocycles. The lowest BCUT2D eigenvalue weighted by Crippen LogP contribution is -2.40. The van der Waals surface area contributed by atoms with E-state index < -0.39 is 0 Å². The lowest BCUT2D eigenvalue weighted by molar-refractivity contribution is -0.00226. The van der Waals surface area contributed by atoms with E-state index in [1.54, 1.807) is 0 Å². The van der Waals surface area contributed by atoms with Crippen LogP contribution in [0.4, 0.5) is 0 Å². The highest BCUT2D eigenvalue weighted by Crippen LogP contribution is 2.58. The average Bonchev–Trinajstić information content (AvgIpc) is 2.49. The highest BCUT2D eigenvalue weighted by Gasteiger charge is 2.45. The van der Waals surface area contributed by atoms with Crippen molar-refractivity contribution in [1.29, 1.82) is 5.26 Å². The summed E-state index contributed by atoms with van der Waals surface area (Å²) in [6.45, 7) is 2.49. The van der Waals surface area contributed by atoms with Gasteiger partial charge in [-0.25, -0.2) is 0 Å². The monoisotopic (exact) mass is 285 g/mol. The summed E-state index contributed by atoms with van der Waals surface area (Å²) in [5.74, 6) is 0. The first-order chi connectivity index (χ1) is 9.63. The van der Waals surface area contributed by atoms with Crippen LogP contribution in [-0.4, -0.2) is 0 Å². The fourth-order valence-electron chi connectivity index (χ4n) is 4.01. The van der Waals surface area contributed by atoms with Crippen molar-refractivity contribution in [3.63, 3.8) is 0 Å². The summed E-state index contributed by atoms with van der Waals surface area (Å²) in [5.41, 5.74) is 2.76. The van der Waals surface area contributed by atoms with Crippen molar-refractivity contribution in [2.45, 2.75) is 63.2 Å². The zero-order chi connectivity index (χ0) is 14.1. The molecule has 2 heteroatoms. The van der Waals surface area contributed by atoms with E-state index in [4.69, 9.17) is 5.26 Å². The van der Waals surface area contributed by atoms with Crippen LogP contribution in [-0.2, 0) is 6.42 Å². The van der Waals surface area contributed by atoms with Crippen LogP contribution in [0.5, 0.6) is 0 Å². The summed E-state index contributed by atoms with van der Waals surface area (Å²) in [5, 5.41) is 10.8. The lowest BCUT2D eigenvalue weighted by atomic mass is 9.53. The zero-order valence-corrected chi connectivity index (χ0v) is 13.1. The van der Waals surface area contributed by atoms with Gasteiger partial charge in [0.15, 0.2) is 0 Å². The van der Waals surface area contributed by atoms with Crippen molar-refractivity contribution in [3.8, 4) is 5.40 Å². The van der Waals surface area contributed by atoms with Gasteiger partial charge in [0.2, 0.25) is 0 Å². The number of nitriles is 1. The minimum Gasteiger partial charge on any atom is -0.185 e. The zero-order valence-electron chi connectivity index (χ0n) is 12.3. The summed E-state index contributed by atoms with van der Waals surface area (Å²) in [4.78, 5) is 1.06. The average molecular weight is 285 g/mol. The minimum absolute atomic E-state index is 0.651. The Labute approximate surface area is 126 Å². The molecule has 3 fully saturated rings. The molecule has 20 heavy (non-hydrogen) atoms. The third-order valence-electron chi connectivity index (χ3n) is 5.81. The molecule has 0 saturated heterocycles. The van der Waals surface area contributed by atoms with Crippen LogP contribution < -0.4 is 0 Å². The molecule has 0 spiro atoms. The van der Waals surface area contributed by atoms with Crippen LogP contribution in [0.1, 0.15) is 57.4 Å². The third-order valence-corrected chi connectivity index (χ3v) is 6.41. The quantitative estimate of drug-likeness (QED) is 0.534. The summed E-state index contributed by atoms with van der Waals surface area (Å²) in [6, 6.07) is 8.57. The van der Waals surface area contributed by atoms with E-state index in [-0.39, 0.29) is 0 Å². The highest BCUT2D eigenvalue weighted by atomic mass is 32.2. The van der Waals surface area contributed by atoms with Crippen molar-refractivity contribution in [2.75, 3.05) is 0 Å². The van der Waals surface area contributed by atoms with E-state index in [2.05, 4.69) is 36.6 Å². The van der Waals surface area contributed by atoms with E-state index in [0.717, 1.165) is 4.90 Å². The Morgan fingerprint density at radius 3 is 2.20 bits per heavy atom. The number of hydrogen-bond donors (Lipinski definition) is 0. The normalized spacial score (nSPS) is 32.0. The lowest BCUT2D eigenvalue weighted by Gasteiger charge is -2.52. The predicted molar refractivity (Wildman–Crippen MR) is 84.5 cm³/mol. The van der Waals surface area contributed by atoms with Crippen LogP contribution in [0.2, 0.25) is 0 Å². The summed E-state index contributed by atoms with van der Waals surface area (Å²) >= 11 is 1.25. The molecule has 106 valence electrons. The molecule has 0 atom stereocenters. The van der Waals surface area contributed by atoms with E-state index in [9.17, 15) is 0 Å². The van der Waals surface area contributed by atoms with Gasteiger partial charge in [0, 0.05) is 4.90 Å². The molecule has 3 aliphatic rings. The van der Waals surface area contributed by atoms with Gasteiger partial charge in [0.25, 0.3) is 0 Å². The van der Waals surface area contributed by atoms with Crippen molar-refractivity contribution in [2.24, 2.45) is 10.8 Å². The number of hydrogen-bond acceptors (Lipinski definition) is 2. The van der Waals surface area contributed by atoms with Crippen LogP contribution >= 0.6 is 11.8 Å². The fraction of sp³-hybridized carbons (Fsp3) is 0.611. The largest absolute Gasteiger partial charge is 0.185 e. The summed E-state index contributed by atoms with van der Waals surface area (Å²) in [6.07, 6.45) is 11.3. The number of aryl methyl sites for hydroxylation is 1. The van der Waals surface area contributed by atoms with Crippen LogP contribution in [0.15, 0.2) is 29.2 Å². The van der Waals surface area contributed by atoms with Crippen molar-refractivity contribution in [1.82, 2.24) is 0 Å². The first-order valence-corrected chi connectivity index (χ1v) is 8.60. The molecule has 1 nitrogen and oxygen atoms in total. The first kappa shape index (κ1) is 14.0. The van der Waals surface area contributed by atoms with Gasteiger partial charge in [-0.2, -0.15) is 5.26 Å². The topological polar surface area (TPSA) is 23.8 Å². The van der Waals surface area contributed by atoms with Crippen molar-refractivity contribution < 1.29 is 0 Å². The SMILES string of the molecule is CC12CCC(CCc3ccc(SC#N)cc3)(CC1)CC2. The number of thioether (sulfide) groups is 1. The smallest absolute Gasteiger partial charge is 0.138 e. The second kappa shape index (κ2) is 5.45. The van der Waals surface area contributed by atoms with Crippen molar-refractivity contribution in [3.05, 3.63) is 29.8 Å². The van der Waals surface area contributed by atoms with Crippen molar-refractivity contribution >= 4 is 11.8 Å². The third kappa shape index (κ3) is 2.88. The van der Waals surface area contributed by atoms with Crippen LogP contribution in [0.25, 0.3) is 0 Å². The molecule has 1 aromatic rings. The van der Waals surface area contributed by atoms with Gasteiger partial charge in [0.1, 0.15) is 5.40 Å². The van der Waals surface area contributed by atoms with E-state index in [1.807, 2.05) is 0 Å². The molecule has 0 aliphatic heterocycles. The maximum absolute atomic E-state index is 8.67. The number of fused-ring (bicyclic) bond motifs is 3. The number of nitrogens with zero attached hydrogens (tertiary/aromatic N) is 1. The van der Waals surface area contributed by atoms with E-state index >= 15 is 0 Å². The van der Waals surface area contributed by atoms with Gasteiger partial charge >= 0.3 is 0 Å². The molecule has 0 amide bonds. The highest BCUT2D eigenvalue weighted by molar-refractivity contribution is 8.03. The van der Waals surface area contributed by atoms with Crippen LogP contribution in [0, 0.1) is 21.5 Å². The summed E-state index contributed by atoms with van der Waals surface area (Å²) in [7, 11) is 0. The number of benzene rings is 1. The van der Waals surface area contributed by atoms with E-state index in [0.29, 0.717) is 10.8 Å². The Kier molecular flexibility index (Phi) is 3.82. The second-order valence-electron chi connectivity index (χ2n) is 7.15. The standard InChI is InChI=1S/C18H23NS/c1-17-8-11-18(12-9-17,13-10-17)7-6-15-2-4-16(5-3-15)20-14-19/h2-5H,6-13H2,1H3. The Hall–Kier alpha value is -0.940. The molecule has 2 bridgehead atoms. The van der Waals surface area contributed by atoms with Gasteiger partial charge in [-0.15, -0.1) is 0 Å². The van der Waals surface area contributed by atoms with E-state index in [1.165, 1.54) is 68.7 Å². The molecule has 1 aromatic carbocycles. The first-order valence-electron chi connectivity index (χ1n) is 7.78. The van der Waals surface area contributed by atoms with Gasteiger partial charge in [-0.1, -0.05) is 19.1 Å².